The summed E-state index contributed by atoms with van der Waals surface area (Å²) in [7, 11) is 0. The van der Waals surface area contributed by atoms with Crippen LogP contribution in [0.3, 0.4) is 0 Å². The molecule has 0 N–H and O–H groups in total. The lowest BCUT2D eigenvalue weighted by atomic mass is 9.92. The van der Waals surface area contributed by atoms with Gasteiger partial charge in [-0.25, -0.2) is 0 Å². The summed E-state index contributed by atoms with van der Waals surface area (Å²) in [5, 5.41) is 0. The van der Waals surface area contributed by atoms with Crippen LogP contribution < -0.4 is 0 Å². The zero-order chi connectivity index (χ0) is 11.7. The minimum atomic E-state index is -0.228. The Bertz CT molecular complexity index is 177. The minimum absolute atomic E-state index is 0.224. The maximum Gasteiger partial charge on any atom is 0.132 e. The number of ether oxygens (including phenoxy) is 1. The van der Waals surface area contributed by atoms with E-state index in [1.807, 2.05) is 6.92 Å². The zero-order valence-electron chi connectivity index (χ0n) is 10.8. The molecule has 90 valence electrons. The highest BCUT2D eigenvalue weighted by molar-refractivity contribution is 5.76. The van der Waals surface area contributed by atoms with E-state index >= 15 is 0 Å². The first-order valence-corrected chi connectivity index (χ1v) is 6.17. The van der Waals surface area contributed by atoms with Gasteiger partial charge in [0.15, 0.2) is 0 Å². The Balaban J connectivity index is 3.95. The average molecular weight is 214 g/mol. The van der Waals surface area contributed by atoms with Gasteiger partial charge in [0.2, 0.25) is 0 Å². The number of carbonyl (C=O) groups excluding carboxylic acids is 1. The molecule has 1 unspecified atom stereocenters. The van der Waals surface area contributed by atoms with Crippen molar-refractivity contribution >= 4 is 5.78 Å². The maximum absolute atomic E-state index is 11.1. The molecule has 0 amide bonds. The molecular weight excluding hydrogens is 188 g/mol. The highest BCUT2D eigenvalue weighted by atomic mass is 16.5. The fraction of sp³-hybridized carbons (Fsp3) is 0.923. The summed E-state index contributed by atoms with van der Waals surface area (Å²) in [5.74, 6) is 0.224. The van der Waals surface area contributed by atoms with Crippen LogP contribution in [0.25, 0.3) is 0 Å². The lowest BCUT2D eigenvalue weighted by Crippen LogP contribution is -2.31. The first kappa shape index (κ1) is 14.6. The van der Waals surface area contributed by atoms with E-state index in [4.69, 9.17) is 4.74 Å². The largest absolute Gasteiger partial charge is 0.375 e. The van der Waals surface area contributed by atoms with Gasteiger partial charge in [-0.15, -0.1) is 0 Å². The summed E-state index contributed by atoms with van der Waals surface area (Å²) < 4.78 is 5.70. The second kappa shape index (κ2) is 7.86. The SMILES string of the molecule is CCCCCCC(C)(CC(C)=O)OCC. The van der Waals surface area contributed by atoms with Gasteiger partial charge in [-0.3, -0.25) is 4.79 Å². The van der Waals surface area contributed by atoms with Crippen molar-refractivity contribution in [2.24, 2.45) is 0 Å². The standard InChI is InChI=1S/C13H26O2/c1-5-7-8-9-10-13(4,15-6-2)11-12(3)14/h5-11H2,1-4H3. The number of carbonyl (C=O) groups is 1. The minimum Gasteiger partial charge on any atom is -0.375 e. The zero-order valence-corrected chi connectivity index (χ0v) is 10.8. The molecule has 0 aliphatic heterocycles. The van der Waals surface area contributed by atoms with Gasteiger partial charge in [0.05, 0.1) is 5.60 Å². The molecule has 0 aromatic carbocycles. The van der Waals surface area contributed by atoms with Gasteiger partial charge in [0.1, 0.15) is 5.78 Å². The molecule has 0 rings (SSSR count). The second-order valence-electron chi connectivity index (χ2n) is 4.57. The van der Waals surface area contributed by atoms with E-state index in [-0.39, 0.29) is 11.4 Å². The summed E-state index contributed by atoms with van der Waals surface area (Å²) in [5.41, 5.74) is -0.228. The number of ketones is 1. The van der Waals surface area contributed by atoms with E-state index in [0.29, 0.717) is 13.0 Å². The molecular formula is C13H26O2. The Kier molecular flexibility index (Phi) is 7.67. The van der Waals surface area contributed by atoms with Crippen LogP contribution in [-0.2, 0) is 9.53 Å². The Morgan fingerprint density at radius 3 is 2.33 bits per heavy atom. The predicted molar refractivity (Wildman–Crippen MR) is 64.1 cm³/mol. The fourth-order valence-electron chi connectivity index (χ4n) is 2.01. The molecule has 0 aromatic rings. The van der Waals surface area contributed by atoms with Crippen LogP contribution in [0, 0.1) is 0 Å². The lowest BCUT2D eigenvalue weighted by Gasteiger charge is -2.28. The summed E-state index contributed by atoms with van der Waals surface area (Å²) >= 11 is 0. The molecule has 0 heterocycles. The Labute approximate surface area is 94.4 Å². The molecule has 0 spiro atoms. The average Bonchev–Trinajstić information content (AvgIpc) is 2.11. The molecule has 1 atom stereocenters. The first-order chi connectivity index (χ1) is 7.04. The number of hydrogen-bond acceptors (Lipinski definition) is 2. The van der Waals surface area contributed by atoms with Crippen LogP contribution in [0.1, 0.15) is 66.2 Å². The van der Waals surface area contributed by atoms with Crippen LogP contribution in [-0.4, -0.2) is 18.0 Å². The van der Waals surface area contributed by atoms with E-state index in [2.05, 4.69) is 13.8 Å². The van der Waals surface area contributed by atoms with Gasteiger partial charge < -0.3 is 4.74 Å². The van der Waals surface area contributed by atoms with Crippen molar-refractivity contribution in [2.45, 2.75) is 71.8 Å². The number of unbranched alkanes of at least 4 members (excludes halogenated alkanes) is 3. The molecule has 0 aromatic heterocycles. The molecule has 0 bridgehead atoms. The molecule has 2 nitrogen and oxygen atoms in total. The second-order valence-corrected chi connectivity index (χ2v) is 4.57. The van der Waals surface area contributed by atoms with Crippen molar-refractivity contribution in [1.29, 1.82) is 0 Å². The molecule has 15 heavy (non-hydrogen) atoms. The molecule has 0 aliphatic carbocycles. The van der Waals surface area contributed by atoms with Crippen molar-refractivity contribution in [3.05, 3.63) is 0 Å². The van der Waals surface area contributed by atoms with E-state index in [9.17, 15) is 4.79 Å². The van der Waals surface area contributed by atoms with Crippen molar-refractivity contribution < 1.29 is 9.53 Å². The Hall–Kier alpha value is -0.370. The smallest absolute Gasteiger partial charge is 0.132 e. The van der Waals surface area contributed by atoms with E-state index in [0.717, 1.165) is 12.8 Å². The lowest BCUT2D eigenvalue weighted by molar-refractivity contribution is -0.124. The number of hydrogen-bond donors (Lipinski definition) is 0. The summed E-state index contributed by atoms with van der Waals surface area (Å²) in [6.07, 6.45) is 6.49. The summed E-state index contributed by atoms with van der Waals surface area (Å²) in [6, 6.07) is 0. The van der Waals surface area contributed by atoms with Gasteiger partial charge in [0.25, 0.3) is 0 Å². The molecule has 0 saturated heterocycles. The summed E-state index contributed by atoms with van der Waals surface area (Å²) in [4.78, 5) is 11.1. The van der Waals surface area contributed by atoms with Crippen LogP contribution in [0.2, 0.25) is 0 Å². The monoisotopic (exact) mass is 214 g/mol. The first-order valence-electron chi connectivity index (χ1n) is 6.17. The predicted octanol–water partition coefficient (Wildman–Crippen LogP) is 3.73. The number of Topliss-reactive ketones (excluding diaryl/α,β-unsaturated/α-hetero) is 1. The van der Waals surface area contributed by atoms with Gasteiger partial charge in [-0.05, 0) is 27.2 Å². The van der Waals surface area contributed by atoms with Crippen molar-refractivity contribution in [2.75, 3.05) is 6.61 Å². The fourth-order valence-corrected chi connectivity index (χ4v) is 2.01. The van der Waals surface area contributed by atoms with Gasteiger partial charge in [-0.1, -0.05) is 32.6 Å². The highest BCUT2D eigenvalue weighted by Gasteiger charge is 2.25. The molecule has 0 aliphatic rings. The normalized spacial score (nSPS) is 14.9. The van der Waals surface area contributed by atoms with Gasteiger partial charge in [-0.2, -0.15) is 0 Å². The number of rotatable bonds is 9. The van der Waals surface area contributed by atoms with E-state index in [1.54, 1.807) is 6.92 Å². The van der Waals surface area contributed by atoms with Crippen LogP contribution in [0.15, 0.2) is 0 Å². The molecule has 2 heteroatoms. The van der Waals surface area contributed by atoms with E-state index < -0.39 is 0 Å². The Morgan fingerprint density at radius 1 is 1.20 bits per heavy atom. The Morgan fingerprint density at radius 2 is 1.87 bits per heavy atom. The molecule has 0 saturated carbocycles. The molecule has 0 fully saturated rings. The molecule has 0 radical (unpaired) electrons. The van der Waals surface area contributed by atoms with Crippen LogP contribution in [0.5, 0.6) is 0 Å². The third kappa shape index (κ3) is 7.55. The quantitative estimate of drug-likeness (QED) is 0.547. The maximum atomic E-state index is 11.1. The van der Waals surface area contributed by atoms with Crippen LogP contribution >= 0.6 is 0 Å². The van der Waals surface area contributed by atoms with Gasteiger partial charge >= 0.3 is 0 Å². The third-order valence-corrected chi connectivity index (χ3v) is 2.67. The van der Waals surface area contributed by atoms with Crippen molar-refractivity contribution in [3.8, 4) is 0 Å². The summed E-state index contributed by atoms with van der Waals surface area (Å²) in [6.45, 7) is 8.59. The van der Waals surface area contributed by atoms with Crippen LogP contribution in [0.4, 0.5) is 0 Å². The van der Waals surface area contributed by atoms with Crippen molar-refractivity contribution in [1.82, 2.24) is 0 Å². The van der Waals surface area contributed by atoms with E-state index in [1.165, 1.54) is 19.3 Å². The highest BCUT2D eigenvalue weighted by Crippen LogP contribution is 2.23. The van der Waals surface area contributed by atoms with Crippen molar-refractivity contribution in [3.63, 3.8) is 0 Å². The topological polar surface area (TPSA) is 26.3 Å². The third-order valence-electron chi connectivity index (χ3n) is 2.67. The van der Waals surface area contributed by atoms with Gasteiger partial charge in [0, 0.05) is 13.0 Å².